The second kappa shape index (κ2) is 9.43. The van der Waals surface area contributed by atoms with Gasteiger partial charge in [-0.05, 0) is 62.7 Å². The van der Waals surface area contributed by atoms with E-state index in [2.05, 4.69) is 20.6 Å². The third-order valence-corrected chi connectivity index (χ3v) is 5.21. The van der Waals surface area contributed by atoms with Crippen molar-refractivity contribution in [1.82, 2.24) is 25.3 Å². The van der Waals surface area contributed by atoms with Gasteiger partial charge in [0, 0.05) is 6.20 Å². The lowest BCUT2D eigenvalue weighted by molar-refractivity contribution is 0.0934. The van der Waals surface area contributed by atoms with Gasteiger partial charge in [0.2, 0.25) is 0 Å². The highest BCUT2D eigenvalue weighted by atomic mass is 16.5. The monoisotopic (exact) mass is 427 g/mol. The summed E-state index contributed by atoms with van der Waals surface area (Å²) in [6.45, 7) is 6.17. The Morgan fingerprint density at radius 2 is 1.88 bits per heavy atom. The van der Waals surface area contributed by atoms with Gasteiger partial charge in [0.15, 0.2) is 5.69 Å². The minimum atomic E-state index is -0.270. The van der Waals surface area contributed by atoms with Crippen LogP contribution in [0.4, 0.5) is 0 Å². The zero-order valence-electron chi connectivity index (χ0n) is 18.3. The first-order chi connectivity index (χ1) is 15.5. The molecule has 7 nitrogen and oxygen atoms in total. The minimum Gasteiger partial charge on any atom is -0.487 e. The van der Waals surface area contributed by atoms with Crippen molar-refractivity contribution in [3.05, 3.63) is 101 Å². The first kappa shape index (κ1) is 21.2. The summed E-state index contributed by atoms with van der Waals surface area (Å²) in [5.74, 6) is 0.448. The fraction of sp³-hybridized carbons (Fsp3) is 0.200. The quantitative estimate of drug-likeness (QED) is 0.474. The lowest BCUT2D eigenvalue weighted by Crippen LogP contribution is -2.27. The van der Waals surface area contributed by atoms with E-state index >= 15 is 0 Å². The summed E-state index contributed by atoms with van der Waals surface area (Å²) < 4.78 is 7.52. The maximum absolute atomic E-state index is 12.9. The maximum atomic E-state index is 12.9. The Labute approximate surface area is 187 Å². The number of carbonyl (C=O) groups is 1. The zero-order valence-corrected chi connectivity index (χ0v) is 18.3. The number of aromatic nitrogens is 4. The van der Waals surface area contributed by atoms with Crippen LogP contribution in [0.1, 0.15) is 46.0 Å². The second-order valence-corrected chi connectivity index (χ2v) is 7.65. The van der Waals surface area contributed by atoms with Gasteiger partial charge in [0.25, 0.3) is 5.91 Å². The molecule has 0 saturated carbocycles. The smallest absolute Gasteiger partial charge is 0.274 e. The molecule has 0 aliphatic heterocycles. The fourth-order valence-electron chi connectivity index (χ4n) is 3.33. The average molecular weight is 428 g/mol. The van der Waals surface area contributed by atoms with Gasteiger partial charge < -0.3 is 10.1 Å². The van der Waals surface area contributed by atoms with Crippen LogP contribution in [-0.2, 0) is 6.61 Å². The van der Waals surface area contributed by atoms with E-state index in [-0.39, 0.29) is 11.9 Å². The molecule has 0 bridgehead atoms. The predicted molar refractivity (Wildman–Crippen MR) is 122 cm³/mol. The predicted octanol–water partition coefficient (Wildman–Crippen LogP) is 4.35. The Morgan fingerprint density at radius 1 is 1.06 bits per heavy atom. The summed E-state index contributed by atoms with van der Waals surface area (Å²) in [4.78, 5) is 17.1. The highest BCUT2D eigenvalue weighted by molar-refractivity contribution is 5.93. The summed E-state index contributed by atoms with van der Waals surface area (Å²) in [5.41, 5.74) is 4.80. The van der Waals surface area contributed by atoms with Crippen molar-refractivity contribution in [2.24, 2.45) is 0 Å². The number of hydrogen-bond donors (Lipinski definition) is 1. The van der Waals surface area contributed by atoms with Gasteiger partial charge in [0.1, 0.15) is 12.4 Å². The Bertz CT molecular complexity index is 1200. The van der Waals surface area contributed by atoms with Crippen molar-refractivity contribution in [3.63, 3.8) is 0 Å². The molecule has 1 amide bonds. The van der Waals surface area contributed by atoms with E-state index in [0.717, 1.165) is 28.3 Å². The third kappa shape index (κ3) is 4.83. The van der Waals surface area contributed by atoms with Crippen LogP contribution < -0.4 is 10.1 Å². The van der Waals surface area contributed by atoms with Crippen LogP contribution in [-0.4, -0.2) is 25.9 Å². The number of carbonyl (C=O) groups excluding carboxylic acids is 1. The van der Waals surface area contributed by atoms with Gasteiger partial charge >= 0.3 is 0 Å². The molecule has 0 spiro atoms. The standard InChI is InChI=1S/C25H25N5O2/c1-17-10-12-22(13-11-17)30-19(3)24(28-29-30)25(31)27-18(2)20-7-6-9-23(15-20)32-16-21-8-4-5-14-26-21/h4-15,18H,16H2,1-3H3,(H,27,31). The number of hydrogen-bond acceptors (Lipinski definition) is 5. The largest absolute Gasteiger partial charge is 0.487 e. The zero-order chi connectivity index (χ0) is 22.5. The van der Waals surface area contributed by atoms with Crippen LogP contribution >= 0.6 is 0 Å². The molecule has 162 valence electrons. The van der Waals surface area contributed by atoms with Crippen molar-refractivity contribution >= 4 is 5.91 Å². The molecule has 2 aromatic heterocycles. The van der Waals surface area contributed by atoms with E-state index in [0.29, 0.717) is 18.0 Å². The summed E-state index contributed by atoms with van der Waals surface area (Å²) in [6, 6.07) is 21.1. The van der Waals surface area contributed by atoms with E-state index in [1.807, 2.05) is 87.5 Å². The van der Waals surface area contributed by atoms with E-state index in [1.54, 1.807) is 10.9 Å². The van der Waals surface area contributed by atoms with Gasteiger partial charge in [-0.15, -0.1) is 5.10 Å². The van der Waals surface area contributed by atoms with Crippen molar-refractivity contribution < 1.29 is 9.53 Å². The summed E-state index contributed by atoms with van der Waals surface area (Å²) in [7, 11) is 0. The minimum absolute atomic E-state index is 0.232. The summed E-state index contributed by atoms with van der Waals surface area (Å²) in [5, 5.41) is 11.3. The van der Waals surface area contributed by atoms with Crippen LogP contribution in [0.3, 0.4) is 0 Å². The lowest BCUT2D eigenvalue weighted by atomic mass is 10.1. The number of amides is 1. The molecule has 2 heterocycles. The normalized spacial score (nSPS) is 11.7. The molecule has 0 saturated heterocycles. The molecular weight excluding hydrogens is 402 g/mol. The van der Waals surface area contributed by atoms with Crippen LogP contribution in [0.5, 0.6) is 5.75 Å². The topological polar surface area (TPSA) is 81.9 Å². The molecule has 2 aromatic carbocycles. The second-order valence-electron chi connectivity index (χ2n) is 7.65. The van der Waals surface area contributed by atoms with Gasteiger partial charge in [-0.3, -0.25) is 9.78 Å². The molecule has 0 fully saturated rings. The highest BCUT2D eigenvalue weighted by Crippen LogP contribution is 2.21. The van der Waals surface area contributed by atoms with Crippen molar-refractivity contribution in [2.45, 2.75) is 33.4 Å². The van der Waals surface area contributed by atoms with Crippen molar-refractivity contribution in [1.29, 1.82) is 0 Å². The van der Waals surface area contributed by atoms with Crippen LogP contribution in [0, 0.1) is 13.8 Å². The van der Waals surface area contributed by atoms with E-state index in [4.69, 9.17) is 4.74 Å². The molecule has 7 heteroatoms. The molecule has 0 radical (unpaired) electrons. The first-order valence-electron chi connectivity index (χ1n) is 10.4. The molecule has 0 aliphatic carbocycles. The van der Waals surface area contributed by atoms with Gasteiger partial charge in [-0.1, -0.05) is 41.1 Å². The van der Waals surface area contributed by atoms with Crippen LogP contribution in [0.15, 0.2) is 72.9 Å². The Kier molecular flexibility index (Phi) is 6.26. The molecule has 0 aliphatic rings. The van der Waals surface area contributed by atoms with Gasteiger partial charge in [0.05, 0.1) is 23.1 Å². The summed E-state index contributed by atoms with van der Waals surface area (Å²) >= 11 is 0. The van der Waals surface area contributed by atoms with Crippen molar-refractivity contribution in [2.75, 3.05) is 0 Å². The van der Waals surface area contributed by atoms with Gasteiger partial charge in [-0.25, -0.2) is 4.68 Å². The number of nitrogens with one attached hydrogen (secondary N) is 1. The van der Waals surface area contributed by atoms with Gasteiger partial charge in [-0.2, -0.15) is 0 Å². The molecule has 4 rings (SSSR count). The Hall–Kier alpha value is -4.00. The number of rotatable bonds is 7. The molecular formula is C25H25N5O2. The first-order valence-corrected chi connectivity index (χ1v) is 10.4. The molecule has 1 N–H and O–H groups in total. The number of pyridine rings is 1. The molecule has 32 heavy (non-hydrogen) atoms. The number of aryl methyl sites for hydroxylation is 1. The average Bonchev–Trinajstić information content (AvgIpc) is 3.20. The van der Waals surface area contributed by atoms with E-state index in [9.17, 15) is 4.79 Å². The Morgan fingerprint density at radius 3 is 2.62 bits per heavy atom. The van der Waals surface area contributed by atoms with Crippen molar-refractivity contribution in [3.8, 4) is 11.4 Å². The molecule has 1 atom stereocenters. The lowest BCUT2D eigenvalue weighted by Gasteiger charge is -2.15. The maximum Gasteiger partial charge on any atom is 0.274 e. The number of ether oxygens (including phenoxy) is 1. The van der Waals surface area contributed by atoms with Crippen LogP contribution in [0.2, 0.25) is 0 Å². The summed E-state index contributed by atoms with van der Waals surface area (Å²) in [6.07, 6.45) is 1.74. The third-order valence-electron chi connectivity index (χ3n) is 5.21. The highest BCUT2D eigenvalue weighted by Gasteiger charge is 2.19. The van der Waals surface area contributed by atoms with E-state index < -0.39 is 0 Å². The fourth-order valence-corrected chi connectivity index (χ4v) is 3.33. The number of benzene rings is 2. The van der Waals surface area contributed by atoms with E-state index in [1.165, 1.54) is 0 Å². The number of nitrogens with zero attached hydrogens (tertiary/aromatic N) is 4. The SMILES string of the molecule is Cc1ccc(-n2nnc(C(=O)NC(C)c3cccc(OCc4ccccn4)c3)c2C)cc1. The Balaban J connectivity index is 1.43. The molecule has 1 unspecified atom stereocenters. The molecule has 4 aromatic rings. The van der Waals surface area contributed by atoms with Crippen LogP contribution in [0.25, 0.3) is 5.69 Å².